The van der Waals surface area contributed by atoms with Crippen molar-refractivity contribution in [2.45, 2.75) is 12.8 Å². The first-order valence-corrected chi connectivity index (χ1v) is 5.71. The first-order chi connectivity index (χ1) is 7.83. The van der Waals surface area contributed by atoms with Gasteiger partial charge in [-0.05, 0) is 31.5 Å². The van der Waals surface area contributed by atoms with Crippen molar-refractivity contribution in [2.75, 3.05) is 20.2 Å². The van der Waals surface area contributed by atoms with Crippen LogP contribution in [0, 0.1) is 5.92 Å². The first kappa shape index (κ1) is 11.1. The van der Waals surface area contributed by atoms with Gasteiger partial charge in [-0.2, -0.15) is 0 Å². The van der Waals surface area contributed by atoms with Gasteiger partial charge in [-0.15, -0.1) is 0 Å². The van der Waals surface area contributed by atoms with Gasteiger partial charge in [0.25, 0.3) is 0 Å². The molecule has 3 nitrogen and oxygen atoms in total. The van der Waals surface area contributed by atoms with E-state index in [0.717, 1.165) is 25.9 Å². The molecule has 1 N–H and O–H groups in total. The van der Waals surface area contributed by atoms with E-state index < -0.39 is 0 Å². The number of ether oxygens (including phenoxy) is 1. The molecule has 0 amide bonds. The molecular weight excluding hydrogens is 202 g/mol. The lowest BCUT2D eigenvalue weighted by Gasteiger charge is -2.22. The minimum absolute atomic E-state index is 0.102. The molecule has 86 valence electrons. The smallest absolute Gasteiger partial charge is 0.170 e. The van der Waals surface area contributed by atoms with Gasteiger partial charge < -0.3 is 10.1 Å². The van der Waals surface area contributed by atoms with E-state index in [1.54, 1.807) is 7.11 Å². The monoisotopic (exact) mass is 219 g/mol. The molecule has 0 bridgehead atoms. The normalized spacial score (nSPS) is 20.4. The van der Waals surface area contributed by atoms with Crippen molar-refractivity contribution in [1.82, 2.24) is 5.32 Å². The molecular formula is C13H17NO2. The highest BCUT2D eigenvalue weighted by atomic mass is 16.5. The molecule has 1 aliphatic rings. The third-order valence-corrected chi connectivity index (χ3v) is 3.04. The van der Waals surface area contributed by atoms with Crippen LogP contribution in [0.5, 0.6) is 5.75 Å². The van der Waals surface area contributed by atoms with Crippen LogP contribution in [0.2, 0.25) is 0 Å². The van der Waals surface area contributed by atoms with Crippen molar-refractivity contribution in [3.63, 3.8) is 0 Å². The Morgan fingerprint density at radius 3 is 2.94 bits per heavy atom. The number of hydrogen-bond donors (Lipinski definition) is 1. The van der Waals surface area contributed by atoms with Gasteiger partial charge in [0.05, 0.1) is 12.7 Å². The highest BCUT2D eigenvalue weighted by Gasteiger charge is 2.24. The van der Waals surface area contributed by atoms with Crippen molar-refractivity contribution in [1.29, 1.82) is 0 Å². The summed E-state index contributed by atoms with van der Waals surface area (Å²) < 4.78 is 5.22. The van der Waals surface area contributed by atoms with Crippen LogP contribution in [0.15, 0.2) is 24.3 Å². The number of benzene rings is 1. The maximum Gasteiger partial charge on any atom is 0.170 e. The van der Waals surface area contributed by atoms with E-state index in [9.17, 15) is 4.79 Å². The molecule has 1 fully saturated rings. The number of nitrogens with one attached hydrogen (secondary N) is 1. The molecule has 0 saturated carbocycles. The summed E-state index contributed by atoms with van der Waals surface area (Å²) >= 11 is 0. The minimum Gasteiger partial charge on any atom is -0.496 e. The summed E-state index contributed by atoms with van der Waals surface area (Å²) in [4.78, 5) is 12.3. The van der Waals surface area contributed by atoms with Crippen LogP contribution in [0.4, 0.5) is 0 Å². The largest absolute Gasteiger partial charge is 0.496 e. The third-order valence-electron chi connectivity index (χ3n) is 3.04. The Bertz CT molecular complexity index is 370. The highest BCUT2D eigenvalue weighted by Crippen LogP contribution is 2.23. The number of carbonyl (C=O) groups excluding carboxylic acids is 1. The Kier molecular flexibility index (Phi) is 3.57. The summed E-state index contributed by atoms with van der Waals surface area (Å²) in [5, 5.41) is 3.26. The van der Waals surface area contributed by atoms with Gasteiger partial charge in [-0.3, -0.25) is 4.79 Å². The Hall–Kier alpha value is -1.35. The molecule has 2 rings (SSSR count). The Morgan fingerprint density at radius 1 is 1.44 bits per heavy atom. The third kappa shape index (κ3) is 2.25. The van der Waals surface area contributed by atoms with Crippen molar-refractivity contribution in [3.8, 4) is 5.75 Å². The lowest BCUT2D eigenvalue weighted by Crippen LogP contribution is -2.34. The second-order valence-electron chi connectivity index (χ2n) is 4.11. The van der Waals surface area contributed by atoms with Crippen LogP contribution in [0.3, 0.4) is 0 Å². The second kappa shape index (κ2) is 5.12. The predicted octanol–water partition coefficient (Wildman–Crippen LogP) is 1.88. The van der Waals surface area contributed by atoms with Crippen LogP contribution in [0.1, 0.15) is 23.2 Å². The maximum atomic E-state index is 12.3. The molecule has 1 aromatic rings. The molecule has 0 radical (unpaired) electrons. The average molecular weight is 219 g/mol. The fourth-order valence-electron chi connectivity index (χ4n) is 2.14. The number of carbonyl (C=O) groups is 1. The summed E-state index contributed by atoms with van der Waals surface area (Å²) in [5.74, 6) is 0.979. The predicted molar refractivity (Wildman–Crippen MR) is 62.9 cm³/mol. The van der Waals surface area contributed by atoms with Crippen LogP contribution in [-0.2, 0) is 0 Å². The fraction of sp³-hybridized carbons (Fsp3) is 0.462. The summed E-state index contributed by atoms with van der Waals surface area (Å²) in [6.45, 7) is 1.81. The SMILES string of the molecule is COc1ccccc1C(=O)C1CCCNC1. The standard InChI is InChI=1S/C13H17NO2/c1-16-12-7-3-2-6-11(12)13(15)10-5-4-8-14-9-10/h2-3,6-7,10,14H,4-5,8-9H2,1H3. The maximum absolute atomic E-state index is 12.3. The Morgan fingerprint density at radius 2 is 2.25 bits per heavy atom. The van der Waals surface area contributed by atoms with Gasteiger partial charge in [-0.1, -0.05) is 12.1 Å². The molecule has 3 heteroatoms. The molecule has 1 unspecified atom stereocenters. The van der Waals surface area contributed by atoms with Crippen LogP contribution < -0.4 is 10.1 Å². The summed E-state index contributed by atoms with van der Waals surface area (Å²) in [7, 11) is 1.60. The molecule has 16 heavy (non-hydrogen) atoms. The van der Waals surface area contributed by atoms with Crippen LogP contribution in [0.25, 0.3) is 0 Å². The molecule has 1 saturated heterocycles. The number of rotatable bonds is 3. The van der Waals surface area contributed by atoms with E-state index in [1.165, 1.54) is 0 Å². The van der Waals surface area contributed by atoms with Crippen molar-refractivity contribution >= 4 is 5.78 Å². The van der Waals surface area contributed by atoms with Gasteiger partial charge in [0.1, 0.15) is 5.75 Å². The summed E-state index contributed by atoms with van der Waals surface area (Å²) in [6, 6.07) is 7.44. The summed E-state index contributed by atoms with van der Waals surface area (Å²) in [5.41, 5.74) is 0.707. The fourth-order valence-corrected chi connectivity index (χ4v) is 2.14. The summed E-state index contributed by atoms with van der Waals surface area (Å²) in [6.07, 6.45) is 2.05. The Labute approximate surface area is 95.8 Å². The minimum atomic E-state index is 0.102. The molecule has 1 aromatic carbocycles. The Balaban J connectivity index is 2.19. The molecule has 0 aliphatic carbocycles. The second-order valence-corrected chi connectivity index (χ2v) is 4.11. The molecule has 1 heterocycles. The van der Waals surface area contributed by atoms with Crippen molar-refractivity contribution < 1.29 is 9.53 Å². The zero-order valence-corrected chi connectivity index (χ0v) is 9.53. The average Bonchev–Trinajstić information content (AvgIpc) is 2.39. The number of ketones is 1. The molecule has 0 spiro atoms. The zero-order valence-electron chi connectivity index (χ0n) is 9.53. The van der Waals surface area contributed by atoms with E-state index in [0.29, 0.717) is 11.3 Å². The molecule has 0 aromatic heterocycles. The van der Waals surface area contributed by atoms with Gasteiger partial charge in [-0.25, -0.2) is 0 Å². The first-order valence-electron chi connectivity index (χ1n) is 5.71. The van der Waals surface area contributed by atoms with E-state index in [4.69, 9.17) is 4.74 Å². The van der Waals surface area contributed by atoms with Crippen molar-refractivity contribution in [2.24, 2.45) is 5.92 Å². The van der Waals surface area contributed by atoms with E-state index in [1.807, 2.05) is 24.3 Å². The van der Waals surface area contributed by atoms with Gasteiger partial charge >= 0.3 is 0 Å². The quantitative estimate of drug-likeness (QED) is 0.789. The van der Waals surface area contributed by atoms with Gasteiger partial charge in [0.15, 0.2) is 5.78 Å². The van der Waals surface area contributed by atoms with Crippen molar-refractivity contribution in [3.05, 3.63) is 29.8 Å². The molecule has 1 aliphatic heterocycles. The zero-order chi connectivity index (χ0) is 11.4. The number of hydrogen-bond acceptors (Lipinski definition) is 3. The van der Waals surface area contributed by atoms with Crippen LogP contribution in [-0.4, -0.2) is 26.0 Å². The molecule has 1 atom stereocenters. The highest BCUT2D eigenvalue weighted by molar-refractivity contribution is 6.00. The van der Waals surface area contributed by atoms with Gasteiger partial charge in [0.2, 0.25) is 0 Å². The number of Topliss-reactive ketones (excluding diaryl/α,β-unsaturated/α-hetero) is 1. The number of methoxy groups -OCH3 is 1. The van der Waals surface area contributed by atoms with Gasteiger partial charge in [0, 0.05) is 12.5 Å². The lowest BCUT2D eigenvalue weighted by atomic mass is 9.90. The lowest BCUT2D eigenvalue weighted by molar-refractivity contribution is 0.0896. The topological polar surface area (TPSA) is 38.3 Å². The number of piperidine rings is 1. The van der Waals surface area contributed by atoms with E-state index >= 15 is 0 Å². The number of para-hydroxylation sites is 1. The van der Waals surface area contributed by atoms with E-state index in [2.05, 4.69) is 5.32 Å². The van der Waals surface area contributed by atoms with E-state index in [-0.39, 0.29) is 11.7 Å². The van der Waals surface area contributed by atoms with Crippen LogP contribution >= 0.6 is 0 Å².